The smallest absolute Gasteiger partial charge is 0.229 e. The highest BCUT2D eigenvalue weighted by atomic mass is 79.9. The molecule has 0 bridgehead atoms. The number of nitrogens with zero attached hydrogens (tertiary/aromatic N) is 3. The third-order valence-corrected chi connectivity index (χ3v) is 5.67. The van der Waals surface area contributed by atoms with Crippen molar-refractivity contribution in [3.05, 3.63) is 71.5 Å². The van der Waals surface area contributed by atoms with Crippen LogP contribution in [0.5, 0.6) is 5.75 Å². The van der Waals surface area contributed by atoms with Crippen molar-refractivity contribution in [1.29, 1.82) is 0 Å². The summed E-state index contributed by atoms with van der Waals surface area (Å²) in [6.45, 7) is 0. The Bertz CT molecular complexity index is 1200. The normalized spacial score (nSPS) is 13.6. The lowest BCUT2D eigenvalue weighted by Gasteiger charge is -2.27. The van der Waals surface area contributed by atoms with Gasteiger partial charge in [0.1, 0.15) is 11.6 Å². The van der Waals surface area contributed by atoms with Gasteiger partial charge in [-0.2, -0.15) is 4.98 Å². The fraction of sp³-hybridized carbons (Fsp3) is 0.174. The van der Waals surface area contributed by atoms with Crippen LogP contribution in [0.15, 0.2) is 71.5 Å². The van der Waals surface area contributed by atoms with Crippen molar-refractivity contribution in [2.45, 2.75) is 25.4 Å². The van der Waals surface area contributed by atoms with E-state index in [1.807, 2.05) is 48.5 Å². The number of aromatic nitrogens is 3. The van der Waals surface area contributed by atoms with E-state index < -0.39 is 0 Å². The number of anilines is 4. The molecule has 6 nitrogen and oxygen atoms in total. The first kappa shape index (κ1) is 18.8. The second-order valence-electron chi connectivity index (χ2n) is 7.25. The van der Waals surface area contributed by atoms with Gasteiger partial charge in [0, 0.05) is 17.3 Å². The van der Waals surface area contributed by atoms with Crippen LogP contribution >= 0.6 is 15.9 Å². The highest BCUT2D eigenvalue weighted by Crippen LogP contribution is 2.33. The Morgan fingerprint density at radius 3 is 2.67 bits per heavy atom. The molecule has 2 N–H and O–H groups in total. The molecule has 2 heterocycles. The first-order valence-corrected chi connectivity index (χ1v) is 10.7. The molecule has 150 valence electrons. The summed E-state index contributed by atoms with van der Waals surface area (Å²) < 4.78 is 6.89. The van der Waals surface area contributed by atoms with Crippen molar-refractivity contribution in [2.75, 3.05) is 10.6 Å². The van der Waals surface area contributed by atoms with Gasteiger partial charge in [0.25, 0.3) is 0 Å². The van der Waals surface area contributed by atoms with Gasteiger partial charge in [-0.3, -0.25) is 4.98 Å². The molecule has 0 spiro atoms. The molecule has 0 amide bonds. The molecule has 0 unspecified atom stereocenters. The van der Waals surface area contributed by atoms with Crippen molar-refractivity contribution in [2.24, 2.45) is 0 Å². The van der Waals surface area contributed by atoms with E-state index in [1.54, 1.807) is 12.4 Å². The van der Waals surface area contributed by atoms with Crippen LogP contribution in [0, 0.1) is 0 Å². The Balaban J connectivity index is 1.30. The van der Waals surface area contributed by atoms with E-state index in [4.69, 9.17) is 4.74 Å². The first-order valence-electron chi connectivity index (χ1n) is 9.91. The van der Waals surface area contributed by atoms with Crippen LogP contribution in [0.3, 0.4) is 0 Å². The molecule has 0 radical (unpaired) electrons. The Hall–Kier alpha value is -3.19. The lowest BCUT2D eigenvalue weighted by atomic mass is 9.96. The lowest BCUT2D eigenvalue weighted by Crippen LogP contribution is -2.24. The maximum absolute atomic E-state index is 5.98. The number of halogens is 1. The van der Waals surface area contributed by atoms with Crippen LogP contribution < -0.4 is 15.4 Å². The number of ether oxygens (including phenoxy) is 1. The molecule has 2 aromatic heterocycles. The first-order chi connectivity index (χ1) is 14.7. The molecular weight excluding hydrogens is 442 g/mol. The minimum absolute atomic E-state index is 0.343. The summed E-state index contributed by atoms with van der Waals surface area (Å²) in [6, 6.07) is 17.8. The van der Waals surface area contributed by atoms with Crippen LogP contribution in [0.4, 0.5) is 23.1 Å². The van der Waals surface area contributed by atoms with Crippen LogP contribution in [0.1, 0.15) is 19.3 Å². The van der Waals surface area contributed by atoms with Gasteiger partial charge in [0.05, 0.1) is 28.0 Å². The Kier molecular flexibility index (Phi) is 5.19. The van der Waals surface area contributed by atoms with Gasteiger partial charge in [0.15, 0.2) is 0 Å². The minimum Gasteiger partial charge on any atom is -0.489 e. The van der Waals surface area contributed by atoms with Crippen molar-refractivity contribution in [3.63, 3.8) is 0 Å². The van der Waals surface area contributed by atoms with Crippen LogP contribution in [-0.4, -0.2) is 21.1 Å². The summed E-state index contributed by atoms with van der Waals surface area (Å²) in [5.41, 5.74) is 2.72. The molecule has 5 rings (SSSR count). The van der Waals surface area contributed by atoms with Gasteiger partial charge < -0.3 is 15.4 Å². The van der Waals surface area contributed by atoms with Crippen molar-refractivity contribution in [3.8, 4) is 5.75 Å². The van der Waals surface area contributed by atoms with Gasteiger partial charge in [-0.25, -0.2) is 4.98 Å². The average molecular weight is 462 g/mol. The topological polar surface area (TPSA) is 72.0 Å². The van der Waals surface area contributed by atoms with Crippen molar-refractivity contribution < 1.29 is 4.74 Å². The Morgan fingerprint density at radius 1 is 0.933 bits per heavy atom. The molecule has 0 aliphatic heterocycles. The zero-order valence-corrected chi connectivity index (χ0v) is 17.8. The van der Waals surface area contributed by atoms with E-state index in [0.29, 0.717) is 17.9 Å². The zero-order valence-electron chi connectivity index (χ0n) is 16.2. The monoisotopic (exact) mass is 461 g/mol. The van der Waals surface area contributed by atoms with E-state index in [2.05, 4.69) is 47.6 Å². The molecule has 1 aliphatic carbocycles. The van der Waals surface area contributed by atoms with E-state index >= 15 is 0 Å². The second-order valence-corrected chi connectivity index (χ2v) is 8.10. The van der Waals surface area contributed by atoms with Gasteiger partial charge >= 0.3 is 0 Å². The number of rotatable bonds is 6. The Labute approximate surface area is 182 Å². The van der Waals surface area contributed by atoms with Crippen molar-refractivity contribution in [1.82, 2.24) is 15.0 Å². The maximum atomic E-state index is 5.98. The van der Waals surface area contributed by atoms with Gasteiger partial charge in [-0.05, 0) is 71.6 Å². The second kappa shape index (κ2) is 8.28. The van der Waals surface area contributed by atoms with E-state index in [9.17, 15) is 0 Å². The largest absolute Gasteiger partial charge is 0.489 e. The zero-order chi connectivity index (χ0) is 20.3. The number of nitrogens with one attached hydrogen (secondary N) is 2. The minimum atomic E-state index is 0.343. The van der Waals surface area contributed by atoms with Gasteiger partial charge in [0.2, 0.25) is 5.95 Å². The quantitative estimate of drug-likeness (QED) is 0.355. The summed E-state index contributed by atoms with van der Waals surface area (Å²) >= 11 is 3.60. The molecule has 7 heteroatoms. The summed E-state index contributed by atoms with van der Waals surface area (Å²) in [4.78, 5) is 13.4. The van der Waals surface area contributed by atoms with Crippen molar-refractivity contribution >= 4 is 50.0 Å². The van der Waals surface area contributed by atoms with Crippen LogP contribution in [0.2, 0.25) is 0 Å². The summed E-state index contributed by atoms with van der Waals surface area (Å²) in [6.07, 6.45) is 7.37. The standard InChI is InChI=1S/C23H20BrN5O/c24-19-13-16(8-9-21(19)30-18-5-3-6-18)28-23-25-11-10-22(29-23)27-17-12-15-4-1-2-7-20(15)26-14-17/h1-2,4,7-14,18H,3,5-6H2,(H2,25,27,28,29). The summed E-state index contributed by atoms with van der Waals surface area (Å²) in [5.74, 6) is 2.06. The molecule has 1 fully saturated rings. The highest BCUT2D eigenvalue weighted by molar-refractivity contribution is 9.10. The number of fused-ring (bicyclic) bond motifs is 1. The molecule has 2 aromatic carbocycles. The molecule has 30 heavy (non-hydrogen) atoms. The van der Waals surface area contributed by atoms with Crippen LogP contribution in [-0.2, 0) is 0 Å². The summed E-state index contributed by atoms with van der Waals surface area (Å²) in [5, 5.41) is 7.61. The number of pyridine rings is 1. The van der Waals surface area contributed by atoms with Gasteiger partial charge in [-0.15, -0.1) is 0 Å². The van der Waals surface area contributed by atoms with Crippen LogP contribution in [0.25, 0.3) is 10.9 Å². The van der Waals surface area contributed by atoms with Gasteiger partial charge in [-0.1, -0.05) is 18.2 Å². The highest BCUT2D eigenvalue weighted by Gasteiger charge is 2.20. The fourth-order valence-corrected chi connectivity index (χ4v) is 3.72. The number of para-hydroxylation sites is 1. The SMILES string of the molecule is Brc1cc(Nc2nccc(Nc3cnc4ccccc4c3)n2)ccc1OC1CCC1. The number of benzene rings is 2. The predicted octanol–water partition coefficient (Wildman–Crippen LogP) is 6.21. The molecule has 0 atom stereocenters. The molecular formula is C23H20BrN5O. The average Bonchev–Trinajstić information content (AvgIpc) is 2.72. The number of hydrogen-bond acceptors (Lipinski definition) is 6. The third-order valence-electron chi connectivity index (χ3n) is 5.05. The maximum Gasteiger partial charge on any atom is 0.229 e. The van der Waals surface area contributed by atoms with E-state index in [0.717, 1.165) is 45.3 Å². The van der Waals surface area contributed by atoms with E-state index in [1.165, 1.54) is 6.42 Å². The third kappa shape index (κ3) is 4.21. The molecule has 0 saturated heterocycles. The lowest BCUT2D eigenvalue weighted by molar-refractivity contribution is 0.119. The Morgan fingerprint density at radius 2 is 1.83 bits per heavy atom. The molecule has 1 saturated carbocycles. The fourth-order valence-electron chi connectivity index (χ4n) is 3.25. The van der Waals surface area contributed by atoms with E-state index in [-0.39, 0.29) is 0 Å². The predicted molar refractivity (Wildman–Crippen MR) is 123 cm³/mol. The number of hydrogen-bond donors (Lipinski definition) is 2. The summed E-state index contributed by atoms with van der Waals surface area (Å²) in [7, 11) is 0. The molecule has 1 aliphatic rings. The molecule has 4 aromatic rings.